The van der Waals surface area contributed by atoms with Crippen molar-refractivity contribution in [1.82, 2.24) is 4.98 Å². The number of benzene rings is 2. The van der Waals surface area contributed by atoms with E-state index < -0.39 is 0 Å². The molecule has 0 aliphatic rings. The molecule has 0 N–H and O–H groups in total. The quantitative estimate of drug-likeness (QED) is 0.694. The topological polar surface area (TPSA) is 26.0 Å². The summed E-state index contributed by atoms with van der Waals surface area (Å²) in [4.78, 5) is 4.35. The lowest BCUT2D eigenvalue weighted by Gasteiger charge is -2.02. The Bertz CT molecular complexity index is 670. The molecule has 0 aliphatic heterocycles. The smallest absolute Gasteiger partial charge is 0.226 e. The van der Waals surface area contributed by atoms with Gasteiger partial charge >= 0.3 is 0 Å². The van der Waals surface area contributed by atoms with Crippen LogP contribution in [0.2, 0.25) is 0 Å². The molecular formula is C17H15NO. The Hall–Kier alpha value is -2.35. The van der Waals surface area contributed by atoms with Crippen molar-refractivity contribution < 1.29 is 4.42 Å². The van der Waals surface area contributed by atoms with Gasteiger partial charge in [0.2, 0.25) is 5.89 Å². The van der Waals surface area contributed by atoms with Crippen molar-refractivity contribution in [2.75, 3.05) is 0 Å². The van der Waals surface area contributed by atoms with E-state index in [1.807, 2.05) is 36.5 Å². The van der Waals surface area contributed by atoms with Gasteiger partial charge in [0.25, 0.3) is 0 Å². The number of oxazole rings is 1. The van der Waals surface area contributed by atoms with Crippen LogP contribution in [0.3, 0.4) is 0 Å². The maximum absolute atomic E-state index is 5.82. The first kappa shape index (κ1) is 11.7. The molecule has 0 saturated heterocycles. The fraction of sp³-hybridized carbons (Fsp3) is 0.118. The Labute approximate surface area is 112 Å². The third-order valence-corrected chi connectivity index (χ3v) is 3.20. The molecule has 0 amide bonds. The second kappa shape index (κ2) is 5.11. The predicted octanol–water partition coefficient (Wildman–Crippen LogP) is 4.24. The predicted molar refractivity (Wildman–Crippen MR) is 75.9 cm³/mol. The van der Waals surface area contributed by atoms with E-state index in [0.717, 1.165) is 17.7 Å². The van der Waals surface area contributed by atoms with E-state index in [4.69, 9.17) is 4.42 Å². The highest BCUT2D eigenvalue weighted by Gasteiger charge is 2.07. The molecule has 19 heavy (non-hydrogen) atoms. The first-order chi connectivity index (χ1) is 9.33. The number of rotatable bonds is 3. The fourth-order valence-electron chi connectivity index (χ4n) is 2.10. The van der Waals surface area contributed by atoms with Crippen LogP contribution in [-0.4, -0.2) is 4.98 Å². The van der Waals surface area contributed by atoms with E-state index in [1.54, 1.807) is 0 Å². The lowest BCUT2D eigenvalue weighted by Crippen LogP contribution is -1.89. The highest BCUT2D eigenvalue weighted by atomic mass is 16.4. The maximum atomic E-state index is 5.82. The van der Waals surface area contributed by atoms with E-state index in [0.29, 0.717) is 5.89 Å². The summed E-state index contributed by atoms with van der Waals surface area (Å²) in [6.07, 6.45) is 2.60. The van der Waals surface area contributed by atoms with Crippen molar-refractivity contribution in [3.8, 4) is 11.5 Å². The number of nitrogens with zero attached hydrogens (tertiary/aromatic N) is 1. The Morgan fingerprint density at radius 2 is 1.68 bits per heavy atom. The minimum Gasteiger partial charge on any atom is -0.441 e. The average Bonchev–Trinajstić information content (AvgIpc) is 2.91. The molecule has 0 saturated carbocycles. The van der Waals surface area contributed by atoms with Crippen LogP contribution in [0, 0.1) is 6.92 Å². The molecule has 94 valence electrons. The lowest BCUT2D eigenvalue weighted by molar-refractivity contribution is 0.529. The molecule has 0 fully saturated rings. The molecule has 2 aromatic carbocycles. The molecule has 3 rings (SSSR count). The molecule has 1 heterocycles. The van der Waals surface area contributed by atoms with Crippen molar-refractivity contribution in [2.45, 2.75) is 13.3 Å². The molecule has 3 aromatic rings. The minimum absolute atomic E-state index is 0.684. The van der Waals surface area contributed by atoms with Gasteiger partial charge in [0, 0.05) is 12.0 Å². The van der Waals surface area contributed by atoms with Crippen LogP contribution in [0.25, 0.3) is 11.5 Å². The van der Waals surface area contributed by atoms with E-state index >= 15 is 0 Å². The first-order valence-electron chi connectivity index (χ1n) is 6.37. The summed E-state index contributed by atoms with van der Waals surface area (Å²) < 4.78 is 5.82. The van der Waals surface area contributed by atoms with Gasteiger partial charge in [0.15, 0.2) is 0 Å². The molecule has 2 nitrogen and oxygen atoms in total. The Morgan fingerprint density at radius 1 is 0.947 bits per heavy atom. The van der Waals surface area contributed by atoms with E-state index in [1.165, 1.54) is 11.1 Å². The fourth-order valence-corrected chi connectivity index (χ4v) is 2.10. The summed E-state index contributed by atoms with van der Waals surface area (Å²) in [5.74, 6) is 1.58. The van der Waals surface area contributed by atoms with Crippen LogP contribution in [0.15, 0.2) is 65.2 Å². The summed E-state index contributed by atoms with van der Waals surface area (Å²) in [5.41, 5.74) is 3.57. The molecule has 0 unspecified atom stereocenters. The van der Waals surface area contributed by atoms with Crippen LogP contribution >= 0.6 is 0 Å². The van der Waals surface area contributed by atoms with Crippen LogP contribution < -0.4 is 0 Å². The minimum atomic E-state index is 0.684. The lowest BCUT2D eigenvalue weighted by atomic mass is 10.1. The summed E-state index contributed by atoms with van der Waals surface area (Å²) in [6, 6.07) is 18.3. The first-order valence-corrected chi connectivity index (χ1v) is 6.37. The molecule has 2 heteroatoms. The Balaban J connectivity index is 1.85. The van der Waals surface area contributed by atoms with Crippen LogP contribution in [0.4, 0.5) is 0 Å². The highest BCUT2D eigenvalue weighted by Crippen LogP contribution is 2.21. The average molecular weight is 249 g/mol. The number of hydrogen-bond acceptors (Lipinski definition) is 2. The van der Waals surface area contributed by atoms with Crippen molar-refractivity contribution in [2.24, 2.45) is 0 Å². The van der Waals surface area contributed by atoms with Crippen molar-refractivity contribution in [3.05, 3.63) is 77.7 Å². The monoisotopic (exact) mass is 249 g/mol. The van der Waals surface area contributed by atoms with Crippen molar-refractivity contribution in [1.29, 1.82) is 0 Å². The largest absolute Gasteiger partial charge is 0.441 e. The van der Waals surface area contributed by atoms with Gasteiger partial charge in [-0.3, -0.25) is 0 Å². The van der Waals surface area contributed by atoms with Gasteiger partial charge < -0.3 is 4.42 Å². The van der Waals surface area contributed by atoms with Gasteiger partial charge in [-0.05, 0) is 30.2 Å². The van der Waals surface area contributed by atoms with Gasteiger partial charge in [0.05, 0.1) is 6.20 Å². The SMILES string of the molecule is Cc1ccccc1Cc1cnc(-c2ccccc2)o1. The van der Waals surface area contributed by atoms with Gasteiger partial charge in [-0.1, -0.05) is 42.5 Å². The molecule has 0 atom stereocenters. The molecule has 1 aromatic heterocycles. The standard InChI is InChI=1S/C17H15NO/c1-13-7-5-6-10-15(13)11-16-12-18-17(19-16)14-8-3-2-4-9-14/h2-10,12H,11H2,1H3. The van der Waals surface area contributed by atoms with Gasteiger partial charge in [-0.15, -0.1) is 0 Å². The van der Waals surface area contributed by atoms with Gasteiger partial charge in [-0.25, -0.2) is 4.98 Å². The second-order valence-electron chi connectivity index (χ2n) is 4.60. The van der Waals surface area contributed by atoms with E-state index in [-0.39, 0.29) is 0 Å². The number of hydrogen-bond donors (Lipinski definition) is 0. The van der Waals surface area contributed by atoms with Crippen molar-refractivity contribution in [3.63, 3.8) is 0 Å². The summed E-state index contributed by atoms with van der Waals surface area (Å²) in [7, 11) is 0. The second-order valence-corrected chi connectivity index (χ2v) is 4.60. The zero-order valence-corrected chi connectivity index (χ0v) is 10.8. The summed E-state index contributed by atoms with van der Waals surface area (Å²) in [6.45, 7) is 2.11. The number of aryl methyl sites for hydroxylation is 1. The third kappa shape index (κ3) is 2.58. The zero-order chi connectivity index (χ0) is 13.1. The van der Waals surface area contributed by atoms with Crippen LogP contribution in [0.1, 0.15) is 16.9 Å². The van der Waals surface area contributed by atoms with Gasteiger partial charge in [-0.2, -0.15) is 0 Å². The third-order valence-electron chi connectivity index (χ3n) is 3.20. The van der Waals surface area contributed by atoms with E-state index in [2.05, 4.69) is 36.2 Å². The zero-order valence-electron chi connectivity index (χ0n) is 10.8. The Morgan fingerprint density at radius 3 is 2.47 bits per heavy atom. The van der Waals surface area contributed by atoms with Crippen molar-refractivity contribution >= 4 is 0 Å². The van der Waals surface area contributed by atoms with E-state index in [9.17, 15) is 0 Å². The molecular weight excluding hydrogens is 234 g/mol. The number of aromatic nitrogens is 1. The maximum Gasteiger partial charge on any atom is 0.226 e. The summed E-state index contributed by atoms with van der Waals surface area (Å²) >= 11 is 0. The highest BCUT2D eigenvalue weighted by molar-refractivity contribution is 5.52. The van der Waals surface area contributed by atoms with Gasteiger partial charge in [0.1, 0.15) is 5.76 Å². The normalized spacial score (nSPS) is 10.6. The van der Waals surface area contributed by atoms with Crippen LogP contribution in [-0.2, 0) is 6.42 Å². The Kier molecular flexibility index (Phi) is 3.15. The molecule has 0 radical (unpaired) electrons. The molecule has 0 spiro atoms. The molecule has 0 bridgehead atoms. The summed E-state index contributed by atoms with van der Waals surface area (Å²) in [5, 5.41) is 0. The van der Waals surface area contributed by atoms with Crippen LogP contribution in [0.5, 0.6) is 0 Å². The molecule has 0 aliphatic carbocycles.